The molecule has 0 fully saturated rings. The summed E-state index contributed by atoms with van der Waals surface area (Å²) < 4.78 is 8.08. The number of para-hydroxylation sites is 1. The zero-order chi connectivity index (χ0) is 26.5. The molecule has 0 saturated carbocycles. The molecule has 3 aromatic carbocycles. The SMILES string of the molecule is COc1cccc(C(=O)NCc2nnc(SCC(=O)Nc3nc4ccccc4s3)n2-c2cccc(C)c2)c1. The van der Waals surface area contributed by atoms with Crippen LogP contribution in [0.3, 0.4) is 0 Å². The number of rotatable bonds is 9. The first-order chi connectivity index (χ1) is 18.5. The van der Waals surface area contributed by atoms with Crippen molar-refractivity contribution >= 4 is 50.3 Å². The second kappa shape index (κ2) is 11.4. The molecule has 0 radical (unpaired) electrons. The molecule has 9 nitrogen and oxygen atoms in total. The van der Waals surface area contributed by atoms with Crippen molar-refractivity contribution < 1.29 is 14.3 Å². The first-order valence-electron chi connectivity index (χ1n) is 11.7. The first kappa shape index (κ1) is 25.4. The van der Waals surface area contributed by atoms with Gasteiger partial charge in [0.1, 0.15) is 5.75 Å². The molecule has 0 saturated heterocycles. The number of thiazole rings is 1. The molecule has 0 unspecified atom stereocenters. The number of amides is 2. The molecule has 0 bridgehead atoms. The summed E-state index contributed by atoms with van der Waals surface area (Å²) in [5.41, 5.74) is 3.23. The lowest BCUT2D eigenvalue weighted by Gasteiger charge is -2.12. The van der Waals surface area contributed by atoms with Gasteiger partial charge in [-0.1, -0.05) is 53.4 Å². The molecule has 38 heavy (non-hydrogen) atoms. The molecule has 5 rings (SSSR count). The molecule has 2 aromatic heterocycles. The molecule has 2 N–H and O–H groups in total. The van der Waals surface area contributed by atoms with Gasteiger partial charge in [-0.3, -0.25) is 14.2 Å². The highest BCUT2D eigenvalue weighted by Gasteiger charge is 2.18. The van der Waals surface area contributed by atoms with Crippen LogP contribution in [-0.2, 0) is 11.3 Å². The van der Waals surface area contributed by atoms with Crippen LogP contribution in [0.15, 0.2) is 78.0 Å². The van der Waals surface area contributed by atoms with Crippen LogP contribution in [-0.4, -0.2) is 44.4 Å². The Hall–Kier alpha value is -4.22. The molecule has 2 heterocycles. The minimum atomic E-state index is -0.257. The van der Waals surface area contributed by atoms with E-state index in [1.165, 1.54) is 23.1 Å². The molecular weight excluding hydrogens is 520 g/mol. The topological polar surface area (TPSA) is 111 Å². The summed E-state index contributed by atoms with van der Waals surface area (Å²) in [6, 6.07) is 22.5. The minimum absolute atomic E-state index is 0.121. The van der Waals surface area contributed by atoms with Crippen LogP contribution in [0.1, 0.15) is 21.7 Å². The number of aromatic nitrogens is 4. The van der Waals surface area contributed by atoms with E-state index in [0.717, 1.165) is 21.5 Å². The Bertz CT molecular complexity index is 1580. The van der Waals surface area contributed by atoms with Crippen molar-refractivity contribution in [3.05, 3.63) is 89.7 Å². The number of carbonyl (C=O) groups is 2. The van der Waals surface area contributed by atoms with E-state index < -0.39 is 0 Å². The van der Waals surface area contributed by atoms with E-state index in [4.69, 9.17) is 4.74 Å². The van der Waals surface area contributed by atoms with Gasteiger partial charge in [-0.2, -0.15) is 0 Å². The van der Waals surface area contributed by atoms with Gasteiger partial charge in [-0.05, 0) is 55.0 Å². The summed E-state index contributed by atoms with van der Waals surface area (Å²) in [5, 5.41) is 15.5. The highest BCUT2D eigenvalue weighted by atomic mass is 32.2. The first-order valence-corrected chi connectivity index (χ1v) is 13.5. The maximum absolute atomic E-state index is 12.8. The lowest BCUT2D eigenvalue weighted by Crippen LogP contribution is -2.24. The highest BCUT2D eigenvalue weighted by Crippen LogP contribution is 2.27. The summed E-state index contributed by atoms with van der Waals surface area (Å²) in [7, 11) is 1.56. The number of benzene rings is 3. The van der Waals surface area contributed by atoms with Gasteiger partial charge in [-0.15, -0.1) is 10.2 Å². The van der Waals surface area contributed by atoms with Gasteiger partial charge >= 0.3 is 0 Å². The van der Waals surface area contributed by atoms with Crippen molar-refractivity contribution in [2.24, 2.45) is 0 Å². The van der Waals surface area contributed by atoms with E-state index in [1.54, 1.807) is 31.4 Å². The average molecular weight is 545 g/mol. The number of nitrogens with one attached hydrogen (secondary N) is 2. The van der Waals surface area contributed by atoms with Gasteiger partial charge in [0.05, 0.1) is 29.6 Å². The number of aryl methyl sites for hydroxylation is 1. The average Bonchev–Trinajstić information content (AvgIpc) is 3.53. The zero-order valence-electron chi connectivity index (χ0n) is 20.7. The third kappa shape index (κ3) is 5.84. The van der Waals surface area contributed by atoms with Crippen LogP contribution in [0.2, 0.25) is 0 Å². The van der Waals surface area contributed by atoms with E-state index >= 15 is 0 Å². The number of nitrogens with zero attached hydrogens (tertiary/aromatic N) is 4. The van der Waals surface area contributed by atoms with Crippen molar-refractivity contribution in [3.8, 4) is 11.4 Å². The molecule has 11 heteroatoms. The molecule has 5 aromatic rings. The highest BCUT2D eigenvalue weighted by molar-refractivity contribution is 7.99. The van der Waals surface area contributed by atoms with Crippen molar-refractivity contribution in [3.63, 3.8) is 0 Å². The number of fused-ring (bicyclic) bond motifs is 1. The van der Waals surface area contributed by atoms with Gasteiger partial charge < -0.3 is 15.4 Å². The summed E-state index contributed by atoms with van der Waals surface area (Å²) in [4.78, 5) is 29.9. The second-order valence-electron chi connectivity index (χ2n) is 8.31. The van der Waals surface area contributed by atoms with Crippen LogP contribution in [0, 0.1) is 6.92 Å². The minimum Gasteiger partial charge on any atom is -0.497 e. The monoisotopic (exact) mass is 544 g/mol. The Balaban J connectivity index is 1.31. The van der Waals surface area contributed by atoms with E-state index in [1.807, 2.05) is 60.0 Å². The number of hydrogen-bond donors (Lipinski definition) is 2. The lowest BCUT2D eigenvalue weighted by atomic mass is 10.2. The van der Waals surface area contributed by atoms with Crippen LogP contribution < -0.4 is 15.4 Å². The summed E-state index contributed by atoms with van der Waals surface area (Å²) in [5.74, 6) is 0.813. The molecule has 0 aliphatic heterocycles. The third-order valence-electron chi connectivity index (χ3n) is 5.57. The summed E-state index contributed by atoms with van der Waals surface area (Å²) in [6.45, 7) is 2.14. The fourth-order valence-corrected chi connectivity index (χ4v) is 5.42. The Morgan fingerprint density at radius 3 is 2.68 bits per heavy atom. The maximum Gasteiger partial charge on any atom is 0.251 e. The third-order valence-corrected chi connectivity index (χ3v) is 7.45. The quantitative estimate of drug-likeness (QED) is 0.255. The predicted octanol–water partition coefficient (Wildman–Crippen LogP) is 4.85. The fraction of sp³-hybridized carbons (Fsp3) is 0.148. The van der Waals surface area contributed by atoms with E-state index in [0.29, 0.717) is 27.4 Å². The van der Waals surface area contributed by atoms with Crippen LogP contribution in [0.4, 0.5) is 5.13 Å². The number of anilines is 1. The Labute approximate surface area is 227 Å². The standard InChI is InChI=1S/C27H24N6O3S2/c1-17-7-5-9-19(13-17)33-23(15-28-25(35)18-8-6-10-20(14-18)36-2)31-32-27(33)37-16-24(34)30-26-29-21-11-3-4-12-22(21)38-26/h3-14H,15-16H2,1-2H3,(H,28,35)(H,29,30,34). The van der Waals surface area contributed by atoms with Gasteiger partial charge in [-0.25, -0.2) is 4.98 Å². The van der Waals surface area contributed by atoms with Crippen LogP contribution >= 0.6 is 23.1 Å². The Morgan fingerprint density at radius 2 is 1.87 bits per heavy atom. The molecule has 0 aliphatic rings. The smallest absolute Gasteiger partial charge is 0.251 e. The predicted molar refractivity (Wildman–Crippen MR) is 149 cm³/mol. The number of hydrogen-bond acceptors (Lipinski definition) is 8. The van der Waals surface area contributed by atoms with Crippen molar-refractivity contribution in [2.75, 3.05) is 18.2 Å². The van der Waals surface area contributed by atoms with Gasteiger partial charge in [0.15, 0.2) is 16.1 Å². The van der Waals surface area contributed by atoms with E-state index in [9.17, 15) is 9.59 Å². The molecule has 0 atom stereocenters. The molecule has 192 valence electrons. The zero-order valence-corrected chi connectivity index (χ0v) is 22.3. The van der Waals surface area contributed by atoms with E-state index in [-0.39, 0.29) is 24.1 Å². The Kier molecular flexibility index (Phi) is 7.66. The maximum atomic E-state index is 12.8. The van der Waals surface area contributed by atoms with E-state index in [2.05, 4.69) is 25.8 Å². The lowest BCUT2D eigenvalue weighted by molar-refractivity contribution is -0.113. The van der Waals surface area contributed by atoms with Crippen molar-refractivity contribution in [1.82, 2.24) is 25.1 Å². The van der Waals surface area contributed by atoms with Gasteiger partial charge in [0.25, 0.3) is 5.91 Å². The van der Waals surface area contributed by atoms with Crippen LogP contribution in [0.25, 0.3) is 15.9 Å². The number of ether oxygens (including phenoxy) is 1. The molecular formula is C27H24N6O3S2. The normalized spacial score (nSPS) is 10.9. The Morgan fingerprint density at radius 1 is 1.03 bits per heavy atom. The summed E-state index contributed by atoms with van der Waals surface area (Å²) >= 11 is 2.69. The largest absolute Gasteiger partial charge is 0.497 e. The van der Waals surface area contributed by atoms with Gasteiger partial charge in [0, 0.05) is 11.3 Å². The van der Waals surface area contributed by atoms with Gasteiger partial charge in [0.2, 0.25) is 5.91 Å². The molecule has 0 spiro atoms. The van der Waals surface area contributed by atoms with Crippen LogP contribution in [0.5, 0.6) is 5.75 Å². The van der Waals surface area contributed by atoms with Crippen molar-refractivity contribution in [2.45, 2.75) is 18.6 Å². The number of thioether (sulfide) groups is 1. The second-order valence-corrected chi connectivity index (χ2v) is 10.3. The molecule has 0 aliphatic carbocycles. The number of methoxy groups -OCH3 is 1. The molecule has 2 amide bonds. The fourth-order valence-electron chi connectivity index (χ4n) is 3.77. The number of carbonyl (C=O) groups excluding carboxylic acids is 2. The van der Waals surface area contributed by atoms with Crippen molar-refractivity contribution in [1.29, 1.82) is 0 Å². The summed E-state index contributed by atoms with van der Waals surface area (Å²) in [6.07, 6.45) is 0.